The number of carbonyl (C=O) groups excluding carboxylic acids is 3. The van der Waals surface area contributed by atoms with E-state index < -0.39 is 16.4 Å². The van der Waals surface area contributed by atoms with Gasteiger partial charge in [-0.3, -0.25) is 14.4 Å². The second kappa shape index (κ2) is 4.66. The molecule has 0 unspecified atom stereocenters. The number of esters is 1. The van der Waals surface area contributed by atoms with E-state index in [4.69, 9.17) is 4.74 Å². The van der Waals surface area contributed by atoms with Gasteiger partial charge >= 0.3 is 5.97 Å². The summed E-state index contributed by atoms with van der Waals surface area (Å²) in [6, 6.07) is 6.77. The van der Waals surface area contributed by atoms with E-state index in [-0.39, 0.29) is 17.7 Å². The number of amides is 1. The van der Waals surface area contributed by atoms with E-state index >= 15 is 0 Å². The molecular formula is C18H21NO4. The number of hydrogen-bond donors (Lipinski definition) is 1. The van der Waals surface area contributed by atoms with E-state index in [1.807, 2.05) is 20.8 Å². The van der Waals surface area contributed by atoms with Gasteiger partial charge in [-0.2, -0.15) is 0 Å². The Morgan fingerprint density at radius 2 is 1.87 bits per heavy atom. The van der Waals surface area contributed by atoms with Crippen molar-refractivity contribution in [2.75, 3.05) is 5.32 Å². The van der Waals surface area contributed by atoms with Crippen molar-refractivity contribution < 1.29 is 19.1 Å². The van der Waals surface area contributed by atoms with Crippen LogP contribution in [-0.2, 0) is 14.3 Å². The molecular weight excluding hydrogens is 294 g/mol. The molecule has 5 nitrogen and oxygen atoms in total. The highest BCUT2D eigenvalue weighted by Crippen LogP contribution is 2.65. The minimum absolute atomic E-state index is 0.0691. The first-order chi connectivity index (χ1) is 10.6. The first kappa shape index (κ1) is 15.7. The molecule has 23 heavy (non-hydrogen) atoms. The van der Waals surface area contributed by atoms with Crippen molar-refractivity contribution in [3.63, 3.8) is 0 Å². The van der Waals surface area contributed by atoms with E-state index in [1.54, 1.807) is 24.3 Å². The Morgan fingerprint density at radius 3 is 2.39 bits per heavy atom. The number of ketones is 1. The van der Waals surface area contributed by atoms with Gasteiger partial charge in [-0.05, 0) is 38.8 Å². The maximum absolute atomic E-state index is 12.9. The second-order valence-corrected chi connectivity index (χ2v) is 7.26. The lowest BCUT2D eigenvalue weighted by molar-refractivity contribution is -0.165. The van der Waals surface area contributed by atoms with Crippen LogP contribution in [0.5, 0.6) is 0 Å². The van der Waals surface area contributed by atoms with Gasteiger partial charge in [-0.15, -0.1) is 0 Å². The predicted octanol–water partition coefficient (Wildman–Crippen LogP) is 2.95. The van der Waals surface area contributed by atoms with E-state index in [9.17, 15) is 14.4 Å². The van der Waals surface area contributed by atoms with Crippen LogP contribution in [0.4, 0.5) is 5.69 Å². The van der Waals surface area contributed by atoms with Crippen molar-refractivity contribution in [1.29, 1.82) is 0 Å². The van der Waals surface area contributed by atoms with E-state index in [1.165, 1.54) is 6.92 Å². The fourth-order valence-electron chi connectivity index (χ4n) is 3.80. The molecule has 1 heterocycles. The number of anilines is 1. The van der Waals surface area contributed by atoms with Crippen LogP contribution in [0.3, 0.4) is 0 Å². The number of rotatable bonds is 3. The molecule has 1 saturated carbocycles. The first-order valence-electron chi connectivity index (χ1n) is 7.80. The van der Waals surface area contributed by atoms with Crippen LogP contribution in [0, 0.1) is 10.8 Å². The Kier molecular flexibility index (Phi) is 3.19. The standard InChI is InChI=1S/C18H21NO4/c1-11(20)12-6-5-7-13(10-12)19-14(21)18-9-8-17(4,15(22)23-18)16(18,2)3/h5-7,10H,8-9H2,1-4H3,(H,19,21)/t17-,18-/m1/s1. The highest BCUT2D eigenvalue weighted by Gasteiger charge is 2.75. The zero-order valence-corrected chi connectivity index (χ0v) is 13.9. The second-order valence-electron chi connectivity index (χ2n) is 7.26. The Bertz CT molecular complexity index is 723. The number of fused-ring (bicyclic) bond motifs is 2. The molecule has 1 aliphatic carbocycles. The van der Waals surface area contributed by atoms with Crippen molar-refractivity contribution in [2.45, 2.75) is 46.1 Å². The number of benzene rings is 1. The minimum Gasteiger partial charge on any atom is -0.448 e. The van der Waals surface area contributed by atoms with E-state index in [0.717, 1.165) is 0 Å². The van der Waals surface area contributed by atoms with Crippen molar-refractivity contribution in [2.24, 2.45) is 10.8 Å². The summed E-state index contributed by atoms with van der Waals surface area (Å²) in [6.07, 6.45) is 1.15. The summed E-state index contributed by atoms with van der Waals surface area (Å²) in [5, 5.41) is 2.82. The molecule has 1 aromatic rings. The van der Waals surface area contributed by atoms with Gasteiger partial charge in [-0.1, -0.05) is 26.0 Å². The molecule has 0 aromatic heterocycles. The van der Waals surface area contributed by atoms with Crippen LogP contribution in [0.15, 0.2) is 24.3 Å². The number of carbonyl (C=O) groups is 3. The number of Topliss-reactive ketones (excluding diaryl/α,β-unsaturated/α-hetero) is 1. The minimum atomic E-state index is -1.15. The third-order valence-electron chi connectivity index (χ3n) is 5.98. The molecule has 1 amide bonds. The highest BCUT2D eigenvalue weighted by atomic mass is 16.6. The third kappa shape index (κ3) is 1.89. The number of hydrogen-bond acceptors (Lipinski definition) is 4. The van der Waals surface area contributed by atoms with Gasteiger partial charge in [0.25, 0.3) is 5.91 Å². The van der Waals surface area contributed by atoms with Crippen LogP contribution in [0.2, 0.25) is 0 Å². The molecule has 1 saturated heterocycles. The Morgan fingerprint density at radius 1 is 1.17 bits per heavy atom. The summed E-state index contributed by atoms with van der Waals surface area (Å²) >= 11 is 0. The predicted molar refractivity (Wildman–Crippen MR) is 85.0 cm³/mol. The molecule has 2 fully saturated rings. The fraction of sp³-hybridized carbons (Fsp3) is 0.500. The van der Waals surface area contributed by atoms with Gasteiger partial charge in [0.05, 0.1) is 5.41 Å². The lowest BCUT2D eigenvalue weighted by Gasteiger charge is -2.35. The van der Waals surface area contributed by atoms with Gasteiger partial charge in [0.15, 0.2) is 11.4 Å². The smallest absolute Gasteiger partial charge is 0.313 e. The largest absolute Gasteiger partial charge is 0.448 e. The summed E-state index contributed by atoms with van der Waals surface area (Å²) in [7, 11) is 0. The number of nitrogens with one attached hydrogen (secondary N) is 1. The zero-order chi connectivity index (χ0) is 17.0. The van der Waals surface area contributed by atoms with Gasteiger partial charge in [0.1, 0.15) is 0 Å². The molecule has 1 aromatic carbocycles. The SMILES string of the molecule is CC(=O)c1cccc(NC(=O)[C@@]23CC[C@](C)(C(=O)O2)C3(C)C)c1. The Labute approximate surface area is 135 Å². The zero-order valence-electron chi connectivity index (χ0n) is 13.9. The highest BCUT2D eigenvalue weighted by molar-refractivity contribution is 6.04. The molecule has 1 N–H and O–H groups in total. The molecule has 2 aliphatic rings. The molecule has 2 atom stereocenters. The summed E-state index contributed by atoms with van der Waals surface area (Å²) in [6.45, 7) is 7.17. The molecule has 3 rings (SSSR count). The van der Waals surface area contributed by atoms with Gasteiger partial charge < -0.3 is 10.1 Å². The normalized spacial score (nSPS) is 30.9. The maximum Gasteiger partial charge on any atom is 0.313 e. The van der Waals surface area contributed by atoms with Crippen LogP contribution in [0.25, 0.3) is 0 Å². The number of ether oxygens (including phenoxy) is 1. The van der Waals surface area contributed by atoms with Crippen molar-refractivity contribution in [1.82, 2.24) is 0 Å². The lowest BCUT2D eigenvalue weighted by atomic mass is 9.66. The quantitative estimate of drug-likeness (QED) is 0.687. The third-order valence-corrected chi connectivity index (χ3v) is 5.98. The van der Waals surface area contributed by atoms with Crippen LogP contribution < -0.4 is 5.32 Å². The topological polar surface area (TPSA) is 72.5 Å². The molecule has 0 spiro atoms. The van der Waals surface area contributed by atoms with Crippen molar-refractivity contribution in [3.05, 3.63) is 29.8 Å². The molecule has 2 bridgehead atoms. The summed E-state index contributed by atoms with van der Waals surface area (Å²) in [5.74, 6) is -0.695. The van der Waals surface area contributed by atoms with Crippen molar-refractivity contribution in [3.8, 4) is 0 Å². The maximum atomic E-state index is 12.9. The molecule has 5 heteroatoms. The average Bonchev–Trinajstić information content (AvgIpc) is 2.78. The molecule has 1 aliphatic heterocycles. The van der Waals surface area contributed by atoms with Crippen LogP contribution in [-0.4, -0.2) is 23.3 Å². The molecule has 0 radical (unpaired) electrons. The average molecular weight is 315 g/mol. The monoisotopic (exact) mass is 315 g/mol. The Balaban J connectivity index is 1.91. The first-order valence-corrected chi connectivity index (χ1v) is 7.80. The summed E-state index contributed by atoms with van der Waals surface area (Å²) < 4.78 is 5.56. The van der Waals surface area contributed by atoms with E-state index in [0.29, 0.717) is 24.1 Å². The van der Waals surface area contributed by atoms with Crippen molar-refractivity contribution >= 4 is 23.3 Å². The van der Waals surface area contributed by atoms with Gasteiger partial charge in [-0.25, -0.2) is 0 Å². The Hall–Kier alpha value is -2.17. The summed E-state index contributed by atoms with van der Waals surface area (Å²) in [5.41, 5.74) is -1.31. The fourth-order valence-corrected chi connectivity index (χ4v) is 3.80. The van der Waals surface area contributed by atoms with Gasteiger partial charge in [0, 0.05) is 16.7 Å². The lowest BCUT2D eigenvalue weighted by Crippen LogP contribution is -2.50. The van der Waals surface area contributed by atoms with E-state index in [2.05, 4.69) is 5.32 Å². The van der Waals surface area contributed by atoms with Gasteiger partial charge in [0.2, 0.25) is 0 Å². The van der Waals surface area contributed by atoms with Crippen LogP contribution >= 0.6 is 0 Å². The molecule has 122 valence electrons. The summed E-state index contributed by atoms with van der Waals surface area (Å²) in [4.78, 5) is 36.6. The van der Waals surface area contributed by atoms with Crippen LogP contribution in [0.1, 0.15) is 50.9 Å².